The maximum Gasteiger partial charge on any atom is 0.338 e. The van der Waals surface area contributed by atoms with E-state index in [0.29, 0.717) is 5.56 Å². The first-order valence-electron chi connectivity index (χ1n) is 8.83. The molecular formula is C23H21O2S2+. The Bertz CT molecular complexity index is 1090. The molecule has 1 atom stereocenters. The van der Waals surface area contributed by atoms with Gasteiger partial charge in [0.25, 0.3) is 0 Å². The van der Waals surface area contributed by atoms with Crippen LogP contribution in [0, 0.1) is 6.92 Å². The minimum Gasteiger partial charge on any atom is -0.451 e. The van der Waals surface area contributed by atoms with Crippen molar-refractivity contribution in [2.75, 3.05) is 0 Å². The second-order valence-electron chi connectivity index (χ2n) is 7.04. The molecule has 2 aromatic carbocycles. The summed E-state index contributed by atoms with van der Waals surface area (Å²) in [6, 6.07) is 20.6. The summed E-state index contributed by atoms with van der Waals surface area (Å²) in [5, 5.41) is 5.31. The van der Waals surface area contributed by atoms with Gasteiger partial charge in [0.05, 0.1) is 5.56 Å². The zero-order valence-electron chi connectivity index (χ0n) is 15.6. The van der Waals surface area contributed by atoms with E-state index in [9.17, 15) is 4.79 Å². The van der Waals surface area contributed by atoms with E-state index in [4.69, 9.17) is 4.74 Å². The van der Waals surface area contributed by atoms with Crippen LogP contribution in [0.25, 0.3) is 15.0 Å². The summed E-state index contributed by atoms with van der Waals surface area (Å²) in [6.45, 7) is 6.02. The Morgan fingerprint density at radius 2 is 1.78 bits per heavy atom. The summed E-state index contributed by atoms with van der Waals surface area (Å²) in [6.07, 6.45) is 0. The summed E-state index contributed by atoms with van der Waals surface area (Å²) in [5.41, 5.74) is 0.961. The van der Waals surface area contributed by atoms with Crippen molar-refractivity contribution in [3.8, 4) is 4.90 Å². The van der Waals surface area contributed by atoms with Gasteiger partial charge in [0, 0.05) is 34.4 Å². The van der Waals surface area contributed by atoms with E-state index in [2.05, 4.69) is 49.4 Å². The number of aryl methyl sites for hydroxylation is 1. The second kappa shape index (κ2) is 6.95. The first kappa shape index (κ1) is 18.0. The van der Waals surface area contributed by atoms with E-state index in [-0.39, 0.29) is 16.4 Å². The van der Waals surface area contributed by atoms with Gasteiger partial charge >= 0.3 is 5.97 Å². The molecule has 27 heavy (non-hydrogen) atoms. The standard InChI is InChI=1S/C23H21O2S2/c1-16-14-18-6-4-5-7-21(18)27(16)20-10-8-17(9-11-20)22(24)25-23(2,3)19-12-13-26-15-19/h4-15H,1-3H3/q+1. The third-order valence-electron chi connectivity index (χ3n) is 4.71. The molecule has 136 valence electrons. The largest absolute Gasteiger partial charge is 0.451 e. The van der Waals surface area contributed by atoms with Crippen molar-refractivity contribution in [2.45, 2.75) is 26.4 Å². The molecule has 0 saturated carbocycles. The summed E-state index contributed by atoms with van der Waals surface area (Å²) in [5.74, 6) is -0.292. The highest BCUT2D eigenvalue weighted by molar-refractivity contribution is 7.45. The quantitative estimate of drug-likeness (QED) is 0.274. The van der Waals surface area contributed by atoms with Crippen molar-refractivity contribution in [3.63, 3.8) is 0 Å². The third-order valence-corrected chi connectivity index (χ3v) is 7.71. The third kappa shape index (κ3) is 3.43. The molecule has 4 aromatic rings. The van der Waals surface area contributed by atoms with Crippen LogP contribution in [0.15, 0.2) is 71.4 Å². The molecule has 0 fully saturated rings. The van der Waals surface area contributed by atoms with E-state index in [1.807, 2.05) is 42.8 Å². The number of carbonyl (C=O) groups excluding carboxylic acids is 1. The smallest absolute Gasteiger partial charge is 0.338 e. The van der Waals surface area contributed by atoms with Crippen molar-refractivity contribution in [1.29, 1.82) is 0 Å². The molecule has 0 amide bonds. The van der Waals surface area contributed by atoms with E-state index >= 15 is 0 Å². The first-order chi connectivity index (χ1) is 13.0. The Labute approximate surface area is 166 Å². The van der Waals surface area contributed by atoms with Gasteiger partial charge < -0.3 is 4.74 Å². The average Bonchev–Trinajstić information content (AvgIpc) is 3.29. The zero-order chi connectivity index (χ0) is 19.0. The Morgan fingerprint density at radius 1 is 1.04 bits per heavy atom. The molecule has 4 heteroatoms. The number of thiophene rings is 2. The van der Waals surface area contributed by atoms with Gasteiger partial charge in [-0.3, -0.25) is 0 Å². The molecule has 0 aliphatic carbocycles. The molecule has 0 saturated heterocycles. The van der Waals surface area contributed by atoms with Crippen LogP contribution >= 0.6 is 21.8 Å². The highest BCUT2D eigenvalue weighted by atomic mass is 32.2. The number of hydrogen-bond acceptors (Lipinski definition) is 3. The highest BCUT2D eigenvalue weighted by Gasteiger charge is 2.27. The van der Waals surface area contributed by atoms with Gasteiger partial charge in [-0.15, -0.1) is 0 Å². The molecule has 0 N–H and O–H groups in total. The first-order valence-corrected chi connectivity index (χ1v) is 11.0. The molecule has 0 spiro atoms. The van der Waals surface area contributed by atoms with Gasteiger partial charge in [-0.25, -0.2) is 4.79 Å². The minimum atomic E-state index is -0.638. The average molecular weight is 394 g/mol. The topological polar surface area (TPSA) is 26.3 Å². The minimum absolute atomic E-state index is 0.0648. The summed E-state index contributed by atoms with van der Waals surface area (Å²) < 4.78 is 7.12. The van der Waals surface area contributed by atoms with E-state index < -0.39 is 5.60 Å². The van der Waals surface area contributed by atoms with Crippen molar-refractivity contribution < 1.29 is 9.53 Å². The van der Waals surface area contributed by atoms with E-state index in [1.54, 1.807) is 11.3 Å². The van der Waals surface area contributed by atoms with Gasteiger partial charge in [-0.05, 0) is 67.1 Å². The molecule has 0 radical (unpaired) electrons. The monoisotopic (exact) mass is 393 g/mol. The van der Waals surface area contributed by atoms with Crippen LogP contribution in [-0.2, 0) is 10.3 Å². The van der Waals surface area contributed by atoms with Crippen LogP contribution in [0.3, 0.4) is 0 Å². The molecule has 2 heterocycles. The Balaban J connectivity index is 1.60. The number of fused-ring (bicyclic) bond motifs is 1. The summed E-state index contributed by atoms with van der Waals surface area (Å²) >= 11 is 1.60. The van der Waals surface area contributed by atoms with Crippen molar-refractivity contribution >= 4 is 37.9 Å². The lowest BCUT2D eigenvalue weighted by atomic mass is 10.0. The van der Waals surface area contributed by atoms with Crippen molar-refractivity contribution in [3.05, 3.63) is 87.4 Å². The summed E-state index contributed by atoms with van der Waals surface area (Å²) in [7, 11) is -0.0648. The van der Waals surface area contributed by atoms with Crippen LogP contribution in [0.5, 0.6) is 0 Å². The zero-order valence-corrected chi connectivity index (χ0v) is 17.2. The number of rotatable bonds is 4. The van der Waals surface area contributed by atoms with Gasteiger partial charge in [0.2, 0.25) is 0 Å². The maximum atomic E-state index is 12.6. The fourth-order valence-electron chi connectivity index (χ4n) is 3.23. The van der Waals surface area contributed by atoms with Crippen LogP contribution in [0.4, 0.5) is 0 Å². The molecule has 2 aromatic heterocycles. The number of carbonyl (C=O) groups is 1. The SMILES string of the molecule is Cc1cc2ccccc2[s+]1-c1ccc(C(=O)OC(C)(C)c2ccsc2)cc1. The van der Waals surface area contributed by atoms with Crippen LogP contribution in [0.1, 0.15) is 34.6 Å². The lowest BCUT2D eigenvalue weighted by Gasteiger charge is -2.24. The lowest BCUT2D eigenvalue weighted by molar-refractivity contribution is -0.00294. The highest BCUT2D eigenvalue weighted by Crippen LogP contribution is 2.43. The molecule has 0 bridgehead atoms. The fraction of sp³-hybridized carbons (Fsp3) is 0.174. The second-order valence-corrected chi connectivity index (χ2v) is 9.98. The van der Waals surface area contributed by atoms with E-state index in [1.165, 1.54) is 19.9 Å². The molecule has 0 aliphatic heterocycles. The normalized spacial score (nSPS) is 12.3. The van der Waals surface area contributed by atoms with Crippen LogP contribution in [-0.4, -0.2) is 5.97 Å². The van der Waals surface area contributed by atoms with Crippen molar-refractivity contribution in [2.24, 2.45) is 0 Å². The lowest BCUT2D eigenvalue weighted by Crippen LogP contribution is -2.25. The fourth-order valence-corrected chi connectivity index (χ4v) is 6.25. The van der Waals surface area contributed by atoms with E-state index in [0.717, 1.165) is 5.56 Å². The Morgan fingerprint density at radius 3 is 2.48 bits per heavy atom. The maximum absolute atomic E-state index is 12.6. The molecule has 1 unspecified atom stereocenters. The molecular weight excluding hydrogens is 372 g/mol. The van der Waals surface area contributed by atoms with Gasteiger partial charge in [0.1, 0.15) is 5.60 Å². The van der Waals surface area contributed by atoms with Gasteiger partial charge in [-0.1, -0.05) is 12.1 Å². The molecule has 2 nitrogen and oxygen atoms in total. The van der Waals surface area contributed by atoms with Crippen LogP contribution in [0.2, 0.25) is 0 Å². The Kier molecular flexibility index (Phi) is 4.62. The number of esters is 1. The number of ether oxygens (including phenoxy) is 1. The predicted octanol–water partition coefficient (Wildman–Crippen LogP) is 7.04. The van der Waals surface area contributed by atoms with Gasteiger partial charge in [0.15, 0.2) is 14.5 Å². The van der Waals surface area contributed by atoms with Crippen LogP contribution < -0.4 is 0 Å². The van der Waals surface area contributed by atoms with Crippen molar-refractivity contribution in [1.82, 2.24) is 0 Å². The Hall–Kier alpha value is -2.43. The number of benzene rings is 2. The predicted molar refractivity (Wildman–Crippen MR) is 115 cm³/mol. The molecule has 0 aliphatic rings. The summed E-state index contributed by atoms with van der Waals surface area (Å²) in [4.78, 5) is 15.2. The van der Waals surface area contributed by atoms with Gasteiger partial charge in [-0.2, -0.15) is 11.3 Å². The number of hydrogen-bond donors (Lipinski definition) is 0. The molecule has 4 rings (SSSR count).